The van der Waals surface area contributed by atoms with Crippen LogP contribution in [0.5, 0.6) is 0 Å². The van der Waals surface area contributed by atoms with Crippen molar-refractivity contribution in [2.75, 3.05) is 6.61 Å². The molecular formula is C19H37NO. The third-order valence-electron chi connectivity index (χ3n) is 6.07. The standard InChI is InChI=1S/C19H37NO/c1-19(2,3)16-12-10-15(11-13-16)18(14-21)20-17-8-6-4-5-7-9-17/h15-18,20-21H,4-14H2,1-3H3. The van der Waals surface area contributed by atoms with Crippen LogP contribution in [0.1, 0.15) is 85.0 Å². The van der Waals surface area contributed by atoms with Crippen molar-refractivity contribution in [1.82, 2.24) is 5.32 Å². The minimum atomic E-state index is 0.321. The summed E-state index contributed by atoms with van der Waals surface area (Å²) in [5, 5.41) is 13.7. The normalized spacial score (nSPS) is 30.9. The average molecular weight is 296 g/mol. The molecule has 124 valence electrons. The Morgan fingerprint density at radius 3 is 1.95 bits per heavy atom. The highest BCUT2D eigenvalue weighted by atomic mass is 16.3. The van der Waals surface area contributed by atoms with Crippen molar-refractivity contribution >= 4 is 0 Å². The molecule has 2 fully saturated rings. The van der Waals surface area contributed by atoms with Crippen LogP contribution in [0, 0.1) is 17.3 Å². The van der Waals surface area contributed by atoms with Gasteiger partial charge >= 0.3 is 0 Å². The molecule has 0 amide bonds. The molecule has 0 heterocycles. The van der Waals surface area contributed by atoms with Gasteiger partial charge in [-0.05, 0) is 55.8 Å². The van der Waals surface area contributed by atoms with Gasteiger partial charge in [0.25, 0.3) is 0 Å². The van der Waals surface area contributed by atoms with Crippen LogP contribution in [0.15, 0.2) is 0 Å². The molecule has 21 heavy (non-hydrogen) atoms. The first-order chi connectivity index (χ1) is 10.0. The van der Waals surface area contributed by atoms with Crippen molar-refractivity contribution in [2.24, 2.45) is 17.3 Å². The first-order valence-corrected chi connectivity index (χ1v) is 9.37. The van der Waals surface area contributed by atoms with Gasteiger partial charge in [-0.1, -0.05) is 46.5 Å². The van der Waals surface area contributed by atoms with E-state index in [4.69, 9.17) is 0 Å². The molecule has 2 aliphatic rings. The van der Waals surface area contributed by atoms with E-state index in [0.717, 1.165) is 5.92 Å². The molecule has 2 rings (SSSR count). The maximum absolute atomic E-state index is 9.84. The fourth-order valence-corrected chi connectivity index (χ4v) is 4.47. The van der Waals surface area contributed by atoms with E-state index in [2.05, 4.69) is 26.1 Å². The lowest BCUT2D eigenvalue weighted by Crippen LogP contribution is -2.46. The Bertz CT molecular complexity index is 280. The molecule has 0 aromatic heterocycles. The van der Waals surface area contributed by atoms with Gasteiger partial charge in [0.1, 0.15) is 0 Å². The molecule has 0 radical (unpaired) electrons. The lowest BCUT2D eigenvalue weighted by molar-refractivity contribution is 0.104. The second kappa shape index (κ2) is 7.97. The van der Waals surface area contributed by atoms with Crippen molar-refractivity contribution in [2.45, 2.75) is 97.1 Å². The van der Waals surface area contributed by atoms with Crippen molar-refractivity contribution in [3.05, 3.63) is 0 Å². The van der Waals surface area contributed by atoms with Gasteiger partial charge in [0.2, 0.25) is 0 Å². The van der Waals surface area contributed by atoms with Crippen LogP contribution >= 0.6 is 0 Å². The lowest BCUT2D eigenvalue weighted by atomic mass is 9.68. The van der Waals surface area contributed by atoms with Crippen molar-refractivity contribution in [3.63, 3.8) is 0 Å². The maximum Gasteiger partial charge on any atom is 0.0587 e. The Morgan fingerprint density at radius 1 is 0.905 bits per heavy atom. The molecule has 0 spiro atoms. The molecule has 0 saturated heterocycles. The van der Waals surface area contributed by atoms with Crippen molar-refractivity contribution < 1.29 is 5.11 Å². The molecule has 1 unspecified atom stereocenters. The van der Waals surface area contributed by atoms with E-state index in [-0.39, 0.29) is 0 Å². The number of hydrogen-bond acceptors (Lipinski definition) is 2. The molecular weight excluding hydrogens is 258 g/mol. The predicted molar refractivity (Wildman–Crippen MR) is 90.4 cm³/mol. The van der Waals surface area contributed by atoms with Gasteiger partial charge in [-0.25, -0.2) is 0 Å². The fourth-order valence-electron chi connectivity index (χ4n) is 4.47. The summed E-state index contributed by atoms with van der Waals surface area (Å²) in [6.45, 7) is 7.46. The Morgan fingerprint density at radius 2 is 1.48 bits per heavy atom. The number of rotatable bonds is 4. The molecule has 0 aromatic rings. The summed E-state index contributed by atoms with van der Waals surface area (Å²) >= 11 is 0. The van der Waals surface area contributed by atoms with Gasteiger partial charge in [0.05, 0.1) is 6.61 Å². The number of aliphatic hydroxyl groups is 1. The van der Waals surface area contributed by atoms with Crippen molar-refractivity contribution in [1.29, 1.82) is 0 Å². The van der Waals surface area contributed by atoms with E-state index in [9.17, 15) is 5.11 Å². The van der Waals surface area contributed by atoms with Gasteiger partial charge in [0, 0.05) is 12.1 Å². The summed E-state index contributed by atoms with van der Waals surface area (Å²) in [5.41, 5.74) is 0.453. The van der Waals surface area contributed by atoms with Gasteiger partial charge in [-0.2, -0.15) is 0 Å². The van der Waals surface area contributed by atoms with Crippen LogP contribution in [0.4, 0.5) is 0 Å². The van der Waals surface area contributed by atoms with Crippen LogP contribution in [0.25, 0.3) is 0 Å². The van der Waals surface area contributed by atoms with Gasteiger partial charge in [-0.15, -0.1) is 0 Å². The van der Waals surface area contributed by atoms with Gasteiger partial charge in [0.15, 0.2) is 0 Å². The molecule has 0 aromatic carbocycles. The maximum atomic E-state index is 9.84. The number of aliphatic hydroxyl groups excluding tert-OH is 1. The number of nitrogens with one attached hydrogen (secondary N) is 1. The smallest absolute Gasteiger partial charge is 0.0587 e. The zero-order valence-corrected chi connectivity index (χ0v) is 14.5. The molecule has 2 saturated carbocycles. The second-order valence-electron chi connectivity index (χ2n) is 8.62. The second-order valence-corrected chi connectivity index (χ2v) is 8.62. The summed E-state index contributed by atoms with van der Waals surface area (Å²) < 4.78 is 0. The van der Waals surface area contributed by atoms with E-state index in [1.54, 1.807) is 0 Å². The van der Waals surface area contributed by atoms with Crippen LogP contribution in [0.3, 0.4) is 0 Å². The monoisotopic (exact) mass is 295 g/mol. The van der Waals surface area contributed by atoms with E-state index >= 15 is 0 Å². The van der Waals surface area contributed by atoms with Gasteiger partial charge in [-0.3, -0.25) is 0 Å². The Labute approximate surface area is 132 Å². The molecule has 1 atom stereocenters. The van der Waals surface area contributed by atoms with Crippen LogP contribution in [-0.4, -0.2) is 23.8 Å². The molecule has 0 aliphatic heterocycles. The third-order valence-corrected chi connectivity index (χ3v) is 6.07. The molecule has 2 aliphatic carbocycles. The van der Waals surface area contributed by atoms with E-state index in [0.29, 0.717) is 30.0 Å². The minimum Gasteiger partial charge on any atom is -0.395 e. The SMILES string of the molecule is CC(C)(C)C1CCC(C(CO)NC2CCCCCC2)CC1. The summed E-state index contributed by atoms with van der Waals surface area (Å²) in [4.78, 5) is 0. The van der Waals surface area contributed by atoms with Crippen LogP contribution in [-0.2, 0) is 0 Å². The highest BCUT2D eigenvalue weighted by Crippen LogP contribution is 2.40. The first-order valence-electron chi connectivity index (χ1n) is 9.37. The highest BCUT2D eigenvalue weighted by Gasteiger charge is 2.33. The third kappa shape index (κ3) is 5.25. The summed E-state index contributed by atoms with van der Waals surface area (Å²) in [6.07, 6.45) is 13.5. The van der Waals surface area contributed by atoms with Gasteiger partial charge < -0.3 is 10.4 Å². The summed E-state index contributed by atoms with van der Waals surface area (Å²) in [7, 11) is 0. The summed E-state index contributed by atoms with van der Waals surface area (Å²) in [5.74, 6) is 1.56. The molecule has 0 bridgehead atoms. The zero-order valence-electron chi connectivity index (χ0n) is 14.5. The van der Waals surface area contributed by atoms with Crippen molar-refractivity contribution in [3.8, 4) is 0 Å². The quantitative estimate of drug-likeness (QED) is 0.748. The highest BCUT2D eigenvalue weighted by molar-refractivity contribution is 4.87. The molecule has 2 N–H and O–H groups in total. The largest absolute Gasteiger partial charge is 0.395 e. The van der Waals surface area contributed by atoms with E-state index in [1.165, 1.54) is 64.2 Å². The van der Waals surface area contributed by atoms with Crippen LogP contribution < -0.4 is 5.32 Å². The average Bonchev–Trinajstić information content (AvgIpc) is 2.72. The predicted octanol–water partition coefficient (Wildman–Crippen LogP) is 4.51. The number of hydrogen-bond donors (Lipinski definition) is 2. The molecule has 2 nitrogen and oxygen atoms in total. The fraction of sp³-hybridized carbons (Fsp3) is 1.00. The topological polar surface area (TPSA) is 32.3 Å². The lowest BCUT2D eigenvalue weighted by Gasteiger charge is -2.40. The Kier molecular flexibility index (Phi) is 6.55. The minimum absolute atomic E-state index is 0.321. The van der Waals surface area contributed by atoms with E-state index < -0.39 is 0 Å². The van der Waals surface area contributed by atoms with E-state index in [1.807, 2.05) is 0 Å². The Hall–Kier alpha value is -0.0800. The molecule has 2 heteroatoms. The Balaban J connectivity index is 1.81. The van der Waals surface area contributed by atoms with Crippen LogP contribution in [0.2, 0.25) is 0 Å². The first kappa shape index (κ1) is 17.3. The summed E-state index contributed by atoms with van der Waals surface area (Å²) in [6, 6.07) is 0.999. The zero-order chi connectivity index (χ0) is 15.3.